The van der Waals surface area contributed by atoms with Gasteiger partial charge in [0.1, 0.15) is 6.04 Å². The van der Waals surface area contributed by atoms with E-state index < -0.39 is 35.4 Å². The van der Waals surface area contributed by atoms with Crippen molar-refractivity contribution in [2.45, 2.75) is 18.9 Å². The molecule has 0 aromatic heterocycles. The normalized spacial score (nSPS) is 11.5. The minimum Gasteiger partial charge on any atom is -0.504 e. The number of carbonyl (C=O) groups excluding carboxylic acids is 2. The maximum absolute atomic E-state index is 11.9. The standard InChI is InChI=1S/C13H15NO7/c1-21-10(16)6-5-8(13(19)20)14-12(18)7-3-2-4-9(15)11(7)17/h2-4,8,15,17H,5-6H2,1H3,(H,14,18)(H,19,20). The van der Waals surface area contributed by atoms with Crippen LogP contribution in [0.3, 0.4) is 0 Å². The number of phenolic OH excluding ortho intramolecular Hbond substituents is 2. The summed E-state index contributed by atoms with van der Waals surface area (Å²) in [6, 6.07) is 2.41. The van der Waals surface area contributed by atoms with Gasteiger partial charge in [0.15, 0.2) is 11.5 Å². The third kappa shape index (κ3) is 4.37. The first-order valence-corrected chi connectivity index (χ1v) is 5.98. The zero-order valence-corrected chi connectivity index (χ0v) is 11.2. The molecular weight excluding hydrogens is 282 g/mol. The maximum Gasteiger partial charge on any atom is 0.326 e. The van der Waals surface area contributed by atoms with Crippen molar-refractivity contribution in [1.82, 2.24) is 5.32 Å². The Morgan fingerprint density at radius 1 is 1.29 bits per heavy atom. The summed E-state index contributed by atoms with van der Waals surface area (Å²) < 4.78 is 4.39. The second-order valence-corrected chi connectivity index (χ2v) is 4.15. The molecule has 0 fully saturated rings. The molecule has 1 atom stereocenters. The van der Waals surface area contributed by atoms with Crippen molar-refractivity contribution in [3.8, 4) is 11.5 Å². The second-order valence-electron chi connectivity index (χ2n) is 4.15. The van der Waals surface area contributed by atoms with Gasteiger partial charge in [-0.25, -0.2) is 4.79 Å². The quantitative estimate of drug-likeness (QED) is 0.436. The first-order valence-electron chi connectivity index (χ1n) is 5.98. The Labute approximate surface area is 120 Å². The highest BCUT2D eigenvalue weighted by Crippen LogP contribution is 2.28. The number of nitrogens with one attached hydrogen (secondary N) is 1. The molecule has 0 aliphatic rings. The summed E-state index contributed by atoms with van der Waals surface area (Å²) in [4.78, 5) is 33.9. The number of carboxylic acid groups (broad SMARTS) is 1. The molecule has 0 spiro atoms. The molecule has 1 amide bonds. The van der Waals surface area contributed by atoms with E-state index in [2.05, 4.69) is 10.1 Å². The van der Waals surface area contributed by atoms with Crippen molar-refractivity contribution in [3.05, 3.63) is 23.8 Å². The highest BCUT2D eigenvalue weighted by atomic mass is 16.5. The lowest BCUT2D eigenvalue weighted by Crippen LogP contribution is -2.41. The molecule has 0 heterocycles. The Balaban J connectivity index is 2.79. The zero-order chi connectivity index (χ0) is 16.0. The molecule has 0 saturated heterocycles. The Morgan fingerprint density at radius 3 is 2.52 bits per heavy atom. The van der Waals surface area contributed by atoms with Gasteiger partial charge >= 0.3 is 11.9 Å². The van der Waals surface area contributed by atoms with Crippen LogP contribution in [0.4, 0.5) is 0 Å². The summed E-state index contributed by atoms with van der Waals surface area (Å²) in [5.41, 5.74) is -0.265. The van der Waals surface area contributed by atoms with E-state index in [-0.39, 0.29) is 18.4 Å². The number of esters is 1. The fourth-order valence-corrected chi connectivity index (χ4v) is 1.57. The third-order valence-corrected chi connectivity index (χ3v) is 2.73. The molecule has 1 aromatic carbocycles. The van der Waals surface area contributed by atoms with E-state index in [1.807, 2.05) is 0 Å². The molecule has 1 aromatic rings. The average molecular weight is 297 g/mol. The van der Waals surface area contributed by atoms with Gasteiger partial charge in [-0.15, -0.1) is 0 Å². The molecule has 0 radical (unpaired) electrons. The van der Waals surface area contributed by atoms with Crippen molar-refractivity contribution in [2.75, 3.05) is 7.11 Å². The van der Waals surface area contributed by atoms with Crippen LogP contribution in [-0.4, -0.2) is 46.3 Å². The van der Waals surface area contributed by atoms with E-state index >= 15 is 0 Å². The number of aromatic hydroxyl groups is 2. The summed E-state index contributed by atoms with van der Waals surface area (Å²) in [5.74, 6) is -3.94. The number of hydrogen-bond acceptors (Lipinski definition) is 6. The van der Waals surface area contributed by atoms with Crippen LogP contribution >= 0.6 is 0 Å². The number of carboxylic acids is 1. The van der Waals surface area contributed by atoms with Crippen LogP contribution in [0.5, 0.6) is 11.5 Å². The van der Waals surface area contributed by atoms with Crippen LogP contribution in [0.1, 0.15) is 23.2 Å². The van der Waals surface area contributed by atoms with Gasteiger partial charge in [-0.2, -0.15) is 0 Å². The number of phenols is 2. The van der Waals surface area contributed by atoms with E-state index in [0.717, 1.165) is 0 Å². The first-order chi connectivity index (χ1) is 9.86. The Bertz CT molecular complexity index is 555. The number of benzene rings is 1. The van der Waals surface area contributed by atoms with Crippen LogP contribution in [0.25, 0.3) is 0 Å². The van der Waals surface area contributed by atoms with E-state index in [9.17, 15) is 24.6 Å². The Hall–Kier alpha value is -2.77. The van der Waals surface area contributed by atoms with Gasteiger partial charge in [-0.05, 0) is 18.6 Å². The molecule has 8 nitrogen and oxygen atoms in total. The van der Waals surface area contributed by atoms with Gasteiger partial charge in [0, 0.05) is 6.42 Å². The molecule has 0 aliphatic carbocycles. The smallest absolute Gasteiger partial charge is 0.326 e. The predicted octanol–water partition coefficient (Wildman–Crippen LogP) is 0.234. The number of carbonyl (C=O) groups is 3. The minimum absolute atomic E-state index is 0.159. The summed E-state index contributed by atoms with van der Waals surface area (Å²) in [6.07, 6.45) is -0.340. The molecule has 0 aliphatic heterocycles. The fraction of sp³-hybridized carbons (Fsp3) is 0.308. The van der Waals surface area contributed by atoms with Crippen molar-refractivity contribution in [1.29, 1.82) is 0 Å². The highest BCUT2D eigenvalue weighted by molar-refractivity contribution is 5.99. The predicted molar refractivity (Wildman–Crippen MR) is 69.9 cm³/mol. The molecular formula is C13H15NO7. The van der Waals surface area contributed by atoms with E-state index in [1.165, 1.54) is 25.3 Å². The number of aliphatic carboxylic acids is 1. The highest BCUT2D eigenvalue weighted by Gasteiger charge is 2.23. The molecule has 1 rings (SSSR count). The molecule has 114 valence electrons. The molecule has 1 unspecified atom stereocenters. The van der Waals surface area contributed by atoms with E-state index in [0.29, 0.717) is 0 Å². The van der Waals surface area contributed by atoms with Gasteiger partial charge in [-0.1, -0.05) is 6.07 Å². The summed E-state index contributed by atoms with van der Waals surface area (Å²) in [5, 5.41) is 30.0. The topological polar surface area (TPSA) is 133 Å². The lowest BCUT2D eigenvalue weighted by molar-refractivity contribution is -0.142. The van der Waals surface area contributed by atoms with Gasteiger partial charge in [0.2, 0.25) is 0 Å². The Morgan fingerprint density at radius 2 is 1.95 bits per heavy atom. The van der Waals surface area contributed by atoms with Crippen LogP contribution in [-0.2, 0) is 14.3 Å². The monoisotopic (exact) mass is 297 g/mol. The lowest BCUT2D eigenvalue weighted by Gasteiger charge is -2.14. The van der Waals surface area contributed by atoms with Gasteiger partial charge in [0.05, 0.1) is 12.7 Å². The van der Waals surface area contributed by atoms with Gasteiger partial charge in [-0.3, -0.25) is 9.59 Å². The summed E-state index contributed by atoms with van der Waals surface area (Å²) in [6.45, 7) is 0. The van der Waals surface area contributed by atoms with Crippen LogP contribution in [0, 0.1) is 0 Å². The zero-order valence-electron chi connectivity index (χ0n) is 11.2. The number of amides is 1. The van der Waals surface area contributed by atoms with Crippen LogP contribution < -0.4 is 5.32 Å². The molecule has 21 heavy (non-hydrogen) atoms. The molecule has 4 N–H and O–H groups in total. The third-order valence-electron chi connectivity index (χ3n) is 2.73. The summed E-state index contributed by atoms with van der Waals surface area (Å²) in [7, 11) is 1.17. The lowest BCUT2D eigenvalue weighted by atomic mass is 10.1. The van der Waals surface area contributed by atoms with Crippen LogP contribution in [0.2, 0.25) is 0 Å². The number of hydrogen-bond donors (Lipinski definition) is 4. The number of methoxy groups -OCH3 is 1. The SMILES string of the molecule is COC(=O)CCC(NC(=O)c1cccc(O)c1O)C(=O)O. The second kappa shape index (κ2) is 7.13. The average Bonchev–Trinajstić information content (AvgIpc) is 2.45. The number of rotatable bonds is 6. The Kier molecular flexibility index (Phi) is 5.53. The van der Waals surface area contributed by atoms with E-state index in [4.69, 9.17) is 5.11 Å². The summed E-state index contributed by atoms with van der Waals surface area (Å²) >= 11 is 0. The fourth-order valence-electron chi connectivity index (χ4n) is 1.57. The number of ether oxygens (including phenoxy) is 1. The largest absolute Gasteiger partial charge is 0.504 e. The van der Waals surface area contributed by atoms with Crippen molar-refractivity contribution >= 4 is 17.8 Å². The van der Waals surface area contributed by atoms with E-state index in [1.54, 1.807) is 0 Å². The van der Waals surface area contributed by atoms with Crippen LogP contribution in [0.15, 0.2) is 18.2 Å². The van der Waals surface area contributed by atoms with Crippen molar-refractivity contribution in [3.63, 3.8) is 0 Å². The molecule has 8 heteroatoms. The minimum atomic E-state index is -1.33. The van der Waals surface area contributed by atoms with Gasteiger partial charge in [0.25, 0.3) is 5.91 Å². The van der Waals surface area contributed by atoms with Crippen molar-refractivity contribution in [2.24, 2.45) is 0 Å². The maximum atomic E-state index is 11.9. The molecule has 0 saturated carbocycles. The number of para-hydroxylation sites is 1. The molecule has 0 bridgehead atoms. The van der Waals surface area contributed by atoms with Crippen molar-refractivity contribution < 1.29 is 34.4 Å². The first kappa shape index (κ1) is 16.3. The van der Waals surface area contributed by atoms with Gasteiger partial charge < -0.3 is 25.4 Å².